The molecule has 4 nitrogen and oxygen atoms in total. The van der Waals surface area contributed by atoms with Crippen LogP contribution in [0.1, 0.15) is 16.2 Å². The first-order chi connectivity index (χ1) is 10.6. The smallest absolute Gasteiger partial charge is 0.251 e. The molecule has 6 heteroatoms. The van der Waals surface area contributed by atoms with Gasteiger partial charge in [-0.25, -0.2) is 13.8 Å². The van der Waals surface area contributed by atoms with Crippen molar-refractivity contribution in [2.24, 2.45) is 0 Å². The van der Waals surface area contributed by atoms with E-state index in [0.29, 0.717) is 13.0 Å². The van der Waals surface area contributed by atoms with Gasteiger partial charge in [0, 0.05) is 24.6 Å². The van der Waals surface area contributed by atoms with Crippen LogP contribution in [0.4, 0.5) is 8.78 Å². The van der Waals surface area contributed by atoms with Crippen molar-refractivity contribution in [2.75, 3.05) is 6.54 Å². The van der Waals surface area contributed by atoms with Crippen molar-refractivity contribution < 1.29 is 13.6 Å². The van der Waals surface area contributed by atoms with E-state index in [1.807, 2.05) is 24.3 Å². The molecular weight excluding hydrogens is 288 g/mol. The van der Waals surface area contributed by atoms with E-state index in [2.05, 4.69) is 15.3 Å². The van der Waals surface area contributed by atoms with E-state index in [1.54, 1.807) is 0 Å². The Morgan fingerprint density at radius 1 is 1.14 bits per heavy atom. The van der Waals surface area contributed by atoms with Gasteiger partial charge in [0.15, 0.2) is 0 Å². The molecule has 2 aromatic carbocycles. The van der Waals surface area contributed by atoms with E-state index < -0.39 is 17.5 Å². The van der Waals surface area contributed by atoms with Crippen LogP contribution in [0.3, 0.4) is 0 Å². The average Bonchev–Trinajstić information content (AvgIpc) is 2.88. The zero-order valence-corrected chi connectivity index (χ0v) is 11.6. The highest BCUT2D eigenvalue weighted by Gasteiger charge is 2.09. The maximum Gasteiger partial charge on any atom is 0.251 e. The highest BCUT2D eigenvalue weighted by Crippen LogP contribution is 2.11. The molecule has 0 aliphatic carbocycles. The van der Waals surface area contributed by atoms with Crippen molar-refractivity contribution in [1.82, 2.24) is 15.3 Å². The number of aromatic nitrogens is 2. The summed E-state index contributed by atoms with van der Waals surface area (Å²) in [7, 11) is 0. The lowest BCUT2D eigenvalue weighted by molar-refractivity contribution is 0.0953. The van der Waals surface area contributed by atoms with Crippen LogP contribution < -0.4 is 5.32 Å². The molecular formula is C16H13F2N3O. The number of aromatic amines is 1. The SMILES string of the molecule is O=C(NCCc1nc2ccccc2[nH]1)c1cc(F)cc(F)c1. The molecule has 0 bridgehead atoms. The minimum Gasteiger partial charge on any atom is -0.352 e. The topological polar surface area (TPSA) is 57.8 Å². The van der Waals surface area contributed by atoms with Gasteiger partial charge in [0.1, 0.15) is 17.5 Å². The lowest BCUT2D eigenvalue weighted by atomic mass is 10.2. The molecule has 3 aromatic rings. The third kappa shape index (κ3) is 3.11. The van der Waals surface area contributed by atoms with Gasteiger partial charge < -0.3 is 10.3 Å². The predicted octanol–water partition coefficient (Wildman–Crippen LogP) is 2.81. The summed E-state index contributed by atoms with van der Waals surface area (Å²) >= 11 is 0. The molecule has 0 aliphatic rings. The number of halogens is 2. The monoisotopic (exact) mass is 301 g/mol. The number of para-hydroxylation sites is 2. The Hall–Kier alpha value is -2.76. The van der Waals surface area contributed by atoms with Gasteiger partial charge in [-0.2, -0.15) is 0 Å². The van der Waals surface area contributed by atoms with Crippen molar-refractivity contribution in [1.29, 1.82) is 0 Å². The highest BCUT2D eigenvalue weighted by molar-refractivity contribution is 5.94. The number of rotatable bonds is 4. The van der Waals surface area contributed by atoms with E-state index in [0.717, 1.165) is 35.1 Å². The van der Waals surface area contributed by atoms with Gasteiger partial charge in [0.05, 0.1) is 11.0 Å². The molecule has 0 saturated carbocycles. The van der Waals surface area contributed by atoms with Crippen LogP contribution in [0, 0.1) is 11.6 Å². The number of carbonyl (C=O) groups is 1. The van der Waals surface area contributed by atoms with Crippen molar-refractivity contribution in [3.05, 3.63) is 65.5 Å². The highest BCUT2D eigenvalue weighted by atomic mass is 19.1. The molecule has 1 aromatic heterocycles. The van der Waals surface area contributed by atoms with Gasteiger partial charge in [-0.3, -0.25) is 4.79 Å². The van der Waals surface area contributed by atoms with Crippen molar-refractivity contribution in [3.63, 3.8) is 0 Å². The zero-order valence-electron chi connectivity index (χ0n) is 11.6. The number of benzene rings is 2. The standard InChI is InChI=1S/C16H13F2N3O/c17-11-7-10(8-12(18)9-11)16(22)19-6-5-15-20-13-3-1-2-4-14(13)21-15/h1-4,7-9H,5-6H2,(H,19,22)(H,20,21). The Labute approximate surface area is 125 Å². The Bertz CT molecular complexity index is 776. The Morgan fingerprint density at radius 2 is 1.86 bits per heavy atom. The maximum atomic E-state index is 13.1. The molecule has 2 N–H and O–H groups in total. The number of amides is 1. The summed E-state index contributed by atoms with van der Waals surface area (Å²) in [6.07, 6.45) is 0.498. The molecule has 0 atom stereocenters. The summed E-state index contributed by atoms with van der Waals surface area (Å²) < 4.78 is 26.1. The Morgan fingerprint density at radius 3 is 2.59 bits per heavy atom. The van der Waals surface area contributed by atoms with Crippen LogP contribution in [-0.4, -0.2) is 22.4 Å². The van der Waals surface area contributed by atoms with Gasteiger partial charge in [0.25, 0.3) is 5.91 Å². The quantitative estimate of drug-likeness (QED) is 0.778. The molecule has 0 spiro atoms. The second-order valence-corrected chi connectivity index (χ2v) is 4.86. The Kier molecular flexibility index (Phi) is 3.82. The molecule has 0 aliphatic heterocycles. The second kappa shape index (κ2) is 5.93. The van der Waals surface area contributed by atoms with Gasteiger partial charge >= 0.3 is 0 Å². The molecule has 0 unspecified atom stereocenters. The van der Waals surface area contributed by atoms with E-state index in [4.69, 9.17) is 0 Å². The number of imidazole rings is 1. The number of carbonyl (C=O) groups excluding carboxylic acids is 1. The maximum absolute atomic E-state index is 13.1. The van der Waals surface area contributed by atoms with E-state index >= 15 is 0 Å². The second-order valence-electron chi connectivity index (χ2n) is 4.86. The minimum atomic E-state index is -0.776. The Balaban J connectivity index is 1.61. The van der Waals surface area contributed by atoms with Crippen molar-refractivity contribution in [3.8, 4) is 0 Å². The van der Waals surface area contributed by atoms with Crippen LogP contribution in [0.5, 0.6) is 0 Å². The first kappa shape index (κ1) is 14.2. The van der Waals surface area contributed by atoms with Crippen LogP contribution in [-0.2, 0) is 6.42 Å². The summed E-state index contributed by atoms with van der Waals surface area (Å²) in [5.74, 6) is -1.33. The van der Waals surface area contributed by atoms with Crippen LogP contribution in [0.2, 0.25) is 0 Å². The van der Waals surface area contributed by atoms with E-state index in [-0.39, 0.29) is 5.56 Å². The van der Waals surface area contributed by atoms with Gasteiger partial charge in [-0.1, -0.05) is 12.1 Å². The number of H-pyrrole nitrogens is 1. The normalized spacial score (nSPS) is 10.8. The molecule has 0 radical (unpaired) electrons. The molecule has 22 heavy (non-hydrogen) atoms. The number of fused-ring (bicyclic) bond motifs is 1. The van der Waals surface area contributed by atoms with Gasteiger partial charge in [-0.15, -0.1) is 0 Å². The molecule has 1 amide bonds. The molecule has 0 fully saturated rings. The predicted molar refractivity (Wildman–Crippen MR) is 78.5 cm³/mol. The molecule has 3 rings (SSSR count). The fourth-order valence-corrected chi connectivity index (χ4v) is 2.21. The largest absolute Gasteiger partial charge is 0.352 e. The summed E-state index contributed by atoms with van der Waals surface area (Å²) in [6, 6.07) is 10.3. The first-order valence-corrected chi connectivity index (χ1v) is 6.80. The van der Waals surface area contributed by atoms with Crippen LogP contribution in [0.25, 0.3) is 11.0 Å². The van der Waals surface area contributed by atoms with Crippen LogP contribution in [0.15, 0.2) is 42.5 Å². The van der Waals surface area contributed by atoms with Crippen molar-refractivity contribution >= 4 is 16.9 Å². The van der Waals surface area contributed by atoms with E-state index in [9.17, 15) is 13.6 Å². The molecule has 112 valence electrons. The first-order valence-electron chi connectivity index (χ1n) is 6.80. The van der Waals surface area contributed by atoms with Crippen LogP contribution >= 0.6 is 0 Å². The zero-order chi connectivity index (χ0) is 15.5. The van der Waals surface area contributed by atoms with Gasteiger partial charge in [0.2, 0.25) is 0 Å². The number of hydrogen-bond donors (Lipinski definition) is 2. The summed E-state index contributed by atoms with van der Waals surface area (Å²) in [6.45, 7) is 0.316. The lowest BCUT2D eigenvalue weighted by Crippen LogP contribution is -2.26. The summed E-state index contributed by atoms with van der Waals surface area (Å²) in [4.78, 5) is 19.4. The van der Waals surface area contributed by atoms with Crippen molar-refractivity contribution in [2.45, 2.75) is 6.42 Å². The minimum absolute atomic E-state index is 0.0397. The lowest BCUT2D eigenvalue weighted by Gasteiger charge is -2.04. The van der Waals surface area contributed by atoms with E-state index in [1.165, 1.54) is 0 Å². The third-order valence-corrected chi connectivity index (χ3v) is 3.21. The third-order valence-electron chi connectivity index (χ3n) is 3.21. The summed E-state index contributed by atoms with van der Waals surface area (Å²) in [5.41, 5.74) is 1.74. The average molecular weight is 301 g/mol. The fourth-order valence-electron chi connectivity index (χ4n) is 2.21. The number of nitrogens with zero attached hydrogens (tertiary/aromatic N) is 1. The van der Waals surface area contributed by atoms with Gasteiger partial charge in [-0.05, 0) is 24.3 Å². The molecule has 0 saturated heterocycles. The number of hydrogen-bond acceptors (Lipinski definition) is 2. The number of nitrogens with one attached hydrogen (secondary N) is 2. The fraction of sp³-hybridized carbons (Fsp3) is 0.125. The summed E-state index contributed by atoms with van der Waals surface area (Å²) in [5, 5.41) is 2.61. The molecule has 1 heterocycles.